The highest BCUT2D eigenvalue weighted by atomic mass is 32.2. The van der Waals surface area contributed by atoms with Crippen LogP contribution >= 0.6 is 0 Å². The molecule has 0 bridgehead atoms. The van der Waals surface area contributed by atoms with Crippen molar-refractivity contribution in [1.82, 2.24) is 14.7 Å². The second-order valence-corrected chi connectivity index (χ2v) is 11.5. The molecule has 5 rings (SSSR count). The number of nitrogens with zero attached hydrogens (tertiary/aromatic N) is 2. The highest BCUT2D eigenvalue weighted by molar-refractivity contribution is 7.89. The standard InChI is InChI=1S/C30H26N6O8S/c1-44-26-14-11-20(17-27(26)45(42,43)35-25(28(37)38)15-18-9-12-22(13-10-18)36(40)41)19-5-4-6-21(16-19)31-30(39)34-29-32-23-7-2-3-8-24(23)33-29/h2-14,16-17,25,35H,15H2,1H3,(H,37,38)(H3,31,32,33,34,39)/t25-/m0/s1. The minimum atomic E-state index is -4.45. The quantitative estimate of drug-likeness (QED) is 0.101. The van der Waals surface area contributed by atoms with Crippen LogP contribution in [0.5, 0.6) is 5.75 Å². The minimum absolute atomic E-state index is 0.0229. The van der Waals surface area contributed by atoms with Gasteiger partial charge in [0.05, 0.1) is 23.1 Å². The lowest BCUT2D eigenvalue weighted by Gasteiger charge is -2.17. The van der Waals surface area contributed by atoms with Crippen LogP contribution < -0.4 is 20.1 Å². The lowest BCUT2D eigenvalue weighted by molar-refractivity contribution is -0.384. The Morgan fingerprint density at radius 1 is 0.978 bits per heavy atom. The molecule has 14 nitrogen and oxygen atoms in total. The normalized spacial score (nSPS) is 11.9. The van der Waals surface area contributed by atoms with Gasteiger partial charge in [-0.3, -0.25) is 20.2 Å². The van der Waals surface area contributed by atoms with Gasteiger partial charge in [-0.15, -0.1) is 0 Å². The minimum Gasteiger partial charge on any atom is -0.495 e. The first-order chi connectivity index (χ1) is 21.5. The van der Waals surface area contributed by atoms with E-state index in [-0.39, 0.29) is 28.7 Å². The molecule has 45 heavy (non-hydrogen) atoms. The number of para-hydroxylation sites is 2. The highest BCUT2D eigenvalue weighted by Gasteiger charge is 2.28. The number of non-ortho nitro benzene ring substituents is 1. The fourth-order valence-electron chi connectivity index (χ4n) is 4.54. The predicted octanol–water partition coefficient (Wildman–Crippen LogP) is 4.76. The van der Waals surface area contributed by atoms with E-state index < -0.39 is 33.0 Å². The fourth-order valence-corrected chi connectivity index (χ4v) is 5.93. The number of sulfonamides is 1. The molecular weight excluding hydrogens is 604 g/mol. The van der Waals surface area contributed by atoms with E-state index in [1.54, 1.807) is 36.4 Å². The second-order valence-electron chi connectivity index (χ2n) is 9.77. The first-order valence-corrected chi connectivity index (χ1v) is 14.8. The maximum Gasteiger partial charge on any atom is 0.326 e. The molecule has 0 saturated heterocycles. The first-order valence-electron chi connectivity index (χ1n) is 13.3. The summed E-state index contributed by atoms with van der Waals surface area (Å²) in [6.45, 7) is 0. The number of aromatic amines is 1. The molecule has 1 heterocycles. The Kier molecular flexibility index (Phi) is 8.74. The van der Waals surface area contributed by atoms with Crippen LogP contribution in [-0.2, 0) is 21.2 Å². The molecule has 1 aromatic heterocycles. The number of carbonyl (C=O) groups excluding carboxylic acids is 1. The molecule has 0 aliphatic rings. The van der Waals surface area contributed by atoms with Crippen molar-refractivity contribution in [3.63, 3.8) is 0 Å². The second kappa shape index (κ2) is 12.8. The zero-order valence-electron chi connectivity index (χ0n) is 23.6. The van der Waals surface area contributed by atoms with Crippen LogP contribution in [0.25, 0.3) is 22.2 Å². The van der Waals surface area contributed by atoms with Gasteiger partial charge < -0.3 is 20.1 Å². The van der Waals surface area contributed by atoms with E-state index in [9.17, 15) is 33.2 Å². The summed E-state index contributed by atoms with van der Waals surface area (Å²) in [5.41, 5.74) is 3.06. The molecule has 4 aromatic carbocycles. The Morgan fingerprint density at radius 3 is 2.40 bits per heavy atom. The number of H-pyrrole nitrogens is 1. The number of rotatable bonds is 11. The van der Waals surface area contributed by atoms with E-state index in [0.29, 0.717) is 27.9 Å². The van der Waals surface area contributed by atoms with E-state index in [2.05, 4.69) is 25.3 Å². The molecular formula is C30H26N6O8S. The summed E-state index contributed by atoms with van der Waals surface area (Å²) >= 11 is 0. The summed E-state index contributed by atoms with van der Waals surface area (Å²) in [7, 11) is -3.17. The van der Waals surface area contributed by atoms with Gasteiger partial charge in [-0.1, -0.05) is 42.5 Å². The molecule has 2 amide bonds. The Bertz CT molecular complexity index is 1980. The van der Waals surface area contributed by atoms with Gasteiger partial charge in [-0.25, -0.2) is 18.2 Å². The number of fused-ring (bicyclic) bond motifs is 1. The number of carboxylic acid groups (broad SMARTS) is 1. The number of aromatic nitrogens is 2. The van der Waals surface area contributed by atoms with Gasteiger partial charge in [0.1, 0.15) is 16.7 Å². The topological polar surface area (TPSA) is 206 Å². The number of carbonyl (C=O) groups is 2. The molecule has 0 aliphatic carbocycles. The third kappa shape index (κ3) is 7.23. The Balaban J connectivity index is 1.35. The van der Waals surface area contributed by atoms with Crippen LogP contribution in [-0.4, -0.2) is 53.6 Å². The number of ether oxygens (including phenoxy) is 1. The molecule has 5 N–H and O–H groups in total. The monoisotopic (exact) mass is 630 g/mol. The van der Waals surface area contributed by atoms with Crippen LogP contribution in [0.4, 0.5) is 22.1 Å². The summed E-state index contributed by atoms with van der Waals surface area (Å²) in [6, 6.07) is 21.4. The summed E-state index contributed by atoms with van der Waals surface area (Å²) in [6.07, 6.45) is -0.266. The number of anilines is 2. The van der Waals surface area contributed by atoms with E-state index in [1.807, 2.05) is 18.2 Å². The summed E-state index contributed by atoms with van der Waals surface area (Å²) in [5.74, 6) is -1.20. The number of amides is 2. The number of carboxylic acids is 1. The van der Waals surface area contributed by atoms with Crippen molar-refractivity contribution in [2.24, 2.45) is 0 Å². The molecule has 0 saturated carbocycles. The number of nitro benzene ring substituents is 1. The van der Waals surface area contributed by atoms with Crippen LogP contribution in [0.1, 0.15) is 5.56 Å². The Morgan fingerprint density at radius 2 is 1.71 bits per heavy atom. The third-order valence-electron chi connectivity index (χ3n) is 6.71. The van der Waals surface area contributed by atoms with Gasteiger partial charge in [-0.05, 0) is 59.5 Å². The van der Waals surface area contributed by atoms with Crippen LogP contribution in [0, 0.1) is 10.1 Å². The maximum atomic E-state index is 13.5. The van der Waals surface area contributed by atoms with Gasteiger partial charge in [-0.2, -0.15) is 4.72 Å². The number of methoxy groups -OCH3 is 1. The Hall–Kier alpha value is -5.80. The van der Waals surface area contributed by atoms with Crippen LogP contribution in [0.3, 0.4) is 0 Å². The molecule has 0 fully saturated rings. The first kappa shape index (κ1) is 30.7. The van der Waals surface area contributed by atoms with Crippen molar-refractivity contribution in [3.8, 4) is 16.9 Å². The molecule has 0 aliphatic heterocycles. The summed E-state index contributed by atoms with van der Waals surface area (Å²) in [5, 5.41) is 26.0. The van der Waals surface area contributed by atoms with E-state index in [1.165, 1.54) is 43.5 Å². The van der Waals surface area contributed by atoms with Crippen molar-refractivity contribution in [2.45, 2.75) is 17.4 Å². The smallest absolute Gasteiger partial charge is 0.326 e. The van der Waals surface area contributed by atoms with E-state index in [0.717, 1.165) is 5.52 Å². The predicted molar refractivity (Wildman–Crippen MR) is 166 cm³/mol. The van der Waals surface area contributed by atoms with Gasteiger partial charge in [0.15, 0.2) is 0 Å². The third-order valence-corrected chi connectivity index (χ3v) is 8.20. The largest absolute Gasteiger partial charge is 0.495 e. The van der Waals surface area contributed by atoms with Crippen LogP contribution in [0.2, 0.25) is 0 Å². The molecule has 5 aromatic rings. The van der Waals surface area contributed by atoms with Crippen molar-refractivity contribution in [2.75, 3.05) is 17.7 Å². The SMILES string of the molecule is COc1ccc(-c2cccc(NC(=O)Nc3nc4ccccc4[nH]3)c2)cc1S(=O)(=O)N[C@@H](Cc1ccc([N+](=O)[O-])cc1)C(=O)O. The van der Waals surface area contributed by atoms with E-state index in [4.69, 9.17) is 4.74 Å². The molecule has 230 valence electrons. The van der Waals surface area contributed by atoms with Gasteiger partial charge in [0, 0.05) is 17.8 Å². The van der Waals surface area contributed by atoms with Crippen LogP contribution in [0.15, 0.2) is 95.9 Å². The number of nitro groups is 1. The zero-order valence-corrected chi connectivity index (χ0v) is 24.4. The average molecular weight is 631 g/mol. The maximum absolute atomic E-state index is 13.5. The van der Waals surface area contributed by atoms with Gasteiger partial charge in [0.2, 0.25) is 16.0 Å². The molecule has 15 heteroatoms. The number of nitrogens with one attached hydrogen (secondary N) is 4. The zero-order chi connectivity index (χ0) is 32.1. The number of urea groups is 1. The van der Waals surface area contributed by atoms with Crippen molar-refractivity contribution in [1.29, 1.82) is 0 Å². The Labute approximate surface area is 256 Å². The van der Waals surface area contributed by atoms with E-state index >= 15 is 0 Å². The lowest BCUT2D eigenvalue weighted by atomic mass is 10.0. The number of hydrogen-bond donors (Lipinski definition) is 5. The lowest BCUT2D eigenvalue weighted by Crippen LogP contribution is -2.42. The number of aliphatic carboxylic acids is 1. The molecule has 1 atom stereocenters. The molecule has 0 spiro atoms. The fraction of sp³-hybridized carbons (Fsp3) is 0.100. The average Bonchev–Trinajstić information content (AvgIpc) is 3.42. The van der Waals surface area contributed by atoms with Crippen molar-refractivity contribution < 1.29 is 32.8 Å². The summed E-state index contributed by atoms with van der Waals surface area (Å²) < 4.78 is 34.4. The van der Waals surface area contributed by atoms with Crippen molar-refractivity contribution >= 4 is 50.4 Å². The summed E-state index contributed by atoms with van der Waals surface area (Å²) in [4.78, 5) is 42.0. The molecule has 0 unspecified atom stereocenters. The van der Waals surface area contributed by atoms with Gasteiger partial charge >= 0.3 is 12.0 Å². The van der Waals surface area contributed by atoms with Crippen molar-refractivity contribution in [3.05, 3.63) is 107 Å². The van der Waals surface area contributed by atoms with Gasteiger partial charge in [0.25, 0.3) is 5.69 Å². The number of hydrogen-bond acceptors (Lipinski definition) is 8. The number of benzene rings is 4. The highest BCUT2D eigenvalue weighted by Crippen LogP contribution is 2.31. The molecule has 0 radical (unpaired) electrons. The number of imidazole rings is 1.